The van der Waals surface area contributed by atoms with Crippen LogP contribution in [0.4, 0.5) is 22.0 Å². The number of likely N-dealkylation sites (tertiary alicyclic amines) is 1. The van der Waals surface area contributed by atoms with Crippen molar-refractivity contribution in [1.82, 2.24) is 14.8 Å². The van der Waals surface area contributed by atoms with Gasteiger partial charge in [-0.2, -0.15) is 13.2 Å². The number of halogens is 6. The normalized spacial score (nSPS) is 24.9. The molecule has 3 unspecified atom stereocenters. The van der Waals surface area contributed by atoms with E-state index in [1.807, 2.05) is 0 Å². The highest BCUT2D eigenvalue weighted by Gasteiger charge is 2.51. The Morgan fingerprint density at radius 1 is 1.20 bits per heavy atom. The van der Waals surface area contributed by atoms with Crippen molar-refractivity contribution in [2.45, 2.75) is 83.5 Å². The van der Waals surface area contributed by atoms with Crippen LogP contribution in [0.3, 0.4) is 0 Å². The molecule has 2 amide bonds. The van der Waals surface area contributed by atoms with Gasteiger partial charge in [0, 0.05) is 30.1 Å². The lowest BCUT2D eigenvalue weighted by Crippen LogP contribution is -2.55. The maximum Gasteiger partial charge on any atom is 0.407 e. The van der Waals surface area contributed by atoms with Crippen molar-refractivity contribution < 1.29 is 46.2 Å². The molecule has 1 aromatic carbocycles. The number of benzene rings is 1. The lowest BCUT2D eigenvalue weighted by atomic mass is 9.66. The Morgan fingerprint density at radius 2 is 1.89 bits per heavy atom. The molecule has 2 heterocycles. The van der Waals surface area contributed by atoms with Crippen molar-refractivity contribution in [3.8, 4) is 5.75 Å². The molecule has 1 saturated carbocycles. The van der Waals surface area contributed by atoms with Gasteiger partial charge in [0.25, 0.3) is 6.43 Å². The minimum Gasteiger partial charge on any atom is -0.487 e. The number of carboxylic acids is 1. The molecule has 1 aromatic rings. The number of nitrogens with two attached hydrogens (primary N) is 2. The van der Waals surface area contributed by atoms with Crippen LogP contribution in [0.25, 0.3) is 0 Å². The number of carbonyl (C=O) groups excluding carboxylic acids is 2. The van der Waals surface area contributed by atoms with Crippen molar-refractivity contribution in [3.63, 3.8) is 0 Å². The van der Waals surface area contributed by atoms with E-state index >= 15 is 0 Å². The molecule has 16 heteroatoms. The molecule has 5 N–H and O–H groups in total. The fourth-order valence-electron chi connectivity index (χ4n) is 7.01. The highest BCUT2D eigenvalue weighted by Crippen LogP contribution is 2.48. The average molecular weight is 680 g/mol. The first-order valence-corrected chi connectivity index (χ1v) is 15.5. The molecule has 3 aliphatic rings. The van der Waals surface area contributed by atoms with E-state index in [0.29, 0.717) is 61.2 Å². The molecule has 0 bridgehead atoms. The van der Waals surface area contributed by atoms with E-state index < -0.39 is 72.4 Å². The second-order valence-electron chi connectivity index (χ2n) is 12.4. The van der Waals surface area contributed by atoms with E-state index in [9.17, 15) is 41.4 Å². The van der Waals surface area contributed by atoms with Crippen molar-refractivity contribution in [1.29, 1.82) is 0 Å². The first kappa shape index (κ1) is 35.5. The van der Waals surface area contributed by atoms with Gasteiger partial charge in [0.1, 0.15) is 24.6 Å². The SMILES string of the molecule is CC(C1c2c(OC/C(N)=C(\C(F)F)N(N)CC(F)(F)F)ccc(Cl)c2CCN1C(=O)C1CCCC[C@]1(C)C(=O)O)N1CCCC1=O. The zero-order chi connectivity index (χ0) is 34.1. The van der Waals surface area contributed by atoms with Gasteiger partial charge in [0.15, 0.2) is 0 Å². The number of carboxylic acid groups (broad SMARTS) is 1. The van der Waals surface area contributed by atoms with Gasteiger partial charge in [-0.25, -0.2) is 14.6 Å². The van der Waals surface area contributed by atoms with E-state index in [4.69, 9.17) is 27.9 Å². The third-order valence-electron chi connectivity index (χ3n) is 9.41. The molecule has 1 aliphatic carbocycles. The Labute approximate surface area is 268 Å². The van der Waals surface area contributed by atoms with Crippen molar-refractivity contribution in [3.05, 3.63) is 39.7 Å². The Hall–Kier alpha value is -3.33. The van der Waals surface area contributed by atoms with Crippen LogP contribution in [0.1, 0.15) is 69.5 Å². The van der Waals surface area contributed by atoms with E-state index in [0.717, 1.165) is 0 Å². The number of amides is 2. The summed E-state index contributed by atoms with van der Waals surface area (Å²) >= 11 is 6.61. The van der Waals surface area contributed by atoms with Gasteiger partial charge < -0.3 is 25.4 Å². The largest absolute Gasteiger partial charge is 0.487 e. The zero-order valence-electron chi connectivity index (χ0n) is 25.6. The highest BCUT2D eigenvalue weighted by atomic mass is 35.5. The van der Waals surface area contributed by atoms with Gasteiger partial charge >= 0.3 is 12.1 Å². The Kier molecular flexibility index (Phi) is 10.7. The first-order chi connectivity index (χ1) is 21.5. The van der Waals surface area contributed by atoms with Crippen LogP contribution >= 0.6 is 11.6 Å². The van der Waals surface area contributed by atoms with Crippen LogP contribution in [-0.2, 0) is 20.8 Å². The summed E-state index contributed by atoms with van der Waals surface area (Å²) in [4.78, 5) is 42.9. The summed E-state index contributed by atoms with van der Waals surface area (Å²) in [7, 11) is 0. The third kappa shape index (κ3) is 7.14. The van der Waals surface area contributed by atoms with Crippen LogP contribution in [0, 0.1) is 11.3 Å². The lowest BCUT2D eigenvalue weighted by Gasteiger charge is -2.47. The van der Waals surface area contributed by atoms with Gasteiger partial charge in [-0.3, -0.25) is 19.4 Å². The summed E-state index contributed by atoms with van der Waals surface area (Å²) in [5.74, 6) is 2.94. The summed E-state index contributed by atoms with van der Waals surface area (Å²) in [5.41, 5.74) is 3.48. The molecule has 0 aromatic heterocycles. The fraction of sp³-hybridized carbons (Fsp3) is 0.633. The first-order valence-electron chi connectivity index (χ1n) is 15.1. The number of allylic oxidation sites excluding steroid dienone is 1. The summed E-state index contributed by atoms with van der Waals surface area (Å²) in [6.07, 6.45) is -5.19. The predicted octanol–water partition coefficient (Wildman–Crippen LogP) is 4.61. The number of carbonyl (C=O) groups is 3. The second kappa shape index (κ2) is 13.8. The monoisotopic (exact) mass is 679 g/mol. The second-order valence-corrected chi connectivity index (χ2v) is 12.8. The van der Waals surface area contributed by atoms with E-state index in [2.05, 4.69) is 0 Å². The maximum atomic E-state index is 14.4. The van der Waals surface area contributed by atoms with E-state index in [1.165, 1.54) is 12.1 Å². The number of ether oxygens (including phenoxy) is 1. The minimum atomic E-state index is -4.88. The van der Waals surface area contributed by atoms with Crippen molar-refractivity contribution >= 4 is 29.4 Å². The fourth-order valence-corrected chi connectivity index (χ4v) is 7.27. The van der Waals surface area contributed by atoms with Gasteiger partial charge in [-0.05, 0) is 57.2 Å². The summed E-state index contributed by atoms with van der Waals surface area (Å²) in [6, 6.07) is 1.44. The molecule has 1 saturated heterocycles. The number of alkyl halides is 5. The average Bonchev–Trinajstić information content (AvgIpc) is 3.40. The van der Waals surface area contributed by atoms with Crippen molar-refractivity contribution in [2.75, 3.05) is 26.2 Å². The molecule has 46 heavy (non-hydrogen) atoms. The van der Waals surface area contributed by atoms with E-state index in [1.54, 1.807) is 23.6 Å². The number of nitrogens with zero attached hydrogens (tertiary/aromatic N) is 3. The summed E-state index contributed by atoms with van der Waals surface area (Å²) in [6.45, 7) is 1.25. The quantitative estimate of drug-likeness (QED) is 0.185. The Bertz CT molecular complexity index is 1380. The molecule has 10 nitrogen and oxygen atoms in total. The van der Waals surface area contributed by atoms with Gasteiger partial charge in [-0.1, -0.05) is 24.4 Å². The van der Waals surface area contributed by atoms with Gasteiger partial charge in [0.05, 0.1) is 29.1 Å². The number of hydrogen-bond donors (Lipinski definition) is 3. The summed E-state index contributed by atoms with van der Waals surface area (Å²) in [5, 5.41) is 10.3. The number of hydrazine groups is 1. The van der Waals surface area contributed by atoms with Gasteiger partial charge in [0.2, 0.25) is 11.8 Å². The smallest absolute Gasteiger partial charge is 0.407 e. The number of hydrogen-bond acceptors (Lipinski definition) is 7. The van der Waals surface area contributed by atoms with Crippen LogP contribution in [0.2, 0.25) is 5.02 Å². The molecule has 0 spiro atoms. The minimum absolute atomic E-state index is 0.0704. The molecular formula is C30H39ClF5N5O5. The third-order valence-corrected chi connectivity index (χ3v) is 9.76. The molecule has 2 fully saturated rings. The van der Waals surface area contributed by atoms with Crippen LogP contribution < -0.4 is 16.3 Å². The standard InChI is InChI=1S/C30H39ClF5N5O5/c1-16(39-12-5-7-22(39)42)24-23-17(10-13-40(24)27(43)18-6-3-4-11-29(18,2)28(44)45)19(31)8-9-21(23)46-14-20(37)25(26(32)33)41(38)15-30(34,35)36/h8-9,16,18,24,26H,3-7,10-15,37-38H2,1-2H3,(H,44,45)/b25-20-/t16?,18?,24?,29-/m0/s1. The molecule has 2 aliphatic heterocycles. The molecular weight excluding hydrogens is 641 g/mol. The van der Waals surface area contributed by atoms with Crippen LogP contribution in [0.15, 0.2) is 23.5 Å². The molecule has 4 rings (SSSR count). The van der Waals surface area contributed by atoms with E-state index in [-0.39, 0.29) is 29.6 Å². The number of rotatable bonds is 10. The zero-order valence-corrected chi connectivity index (χ0v) is 26.3. The Morgan fingerprint density at radius 3 is 2.48 bits per heavy atom. The summed E-state index contributed by atoms with van der Waals surface area (Å²) < 4.78 is 72.2. The molecule has 256 valence electrons. The maximum absolute atomic E-state index is 14.4. The highest BCUT2D eigenvalue weighted by molar-refractivity contribution is 6.31. The van der Waals surface area contributed by atoms with Crippen LogP contribution in [-0.4, -0.2) is 82.6 Å². The Balaban J connectivity index is 1.78. The molecule has 4 atom stereocenters. The van der Waals surface area contributed by atoms with Crippen LogP contribution in [0.5, 0.6) is 5.75 Å². The van der Waals surface area contributed by atoms with Gasteiger partial charge in [-0.15, -0.1) is 0 Å². The predicted molar refractivity (Wildman–Crippen MR) is 157 cm³/mol. The number of aliphatic carboxylic acids is 1. The topological polar surface area (TPSA) is 142 Å². The lowest BCUT2D eigenvalue weighted by molar-refractivity contribution is -0.163. The number of fused-ring (bicyclic) bond motifs is 1. The van der Waals surface area contributed by atoms with Crippen molar-refractivity contribution in [2.24, 2.45) is 22.9 Å². The molecule has 0 radical (unpaired) electrons.